The molecule has 3 heteroatoms. The lowest BCUT2D eigenvalue weighted by Gasteiger charge is -2.23. The number of hydrogen-bond acceptors (Lipinski definition) is 2. The highest BCUT2D eigenvalue weighted by atomic mass is 16.1. The van der Waals surface area contributed by atoms with Gasteiger partial charge in [-0.15, -0.1) is 0 Å². The second-order valence-electron chi connectivity index (χ2n) is 5.67. The molecule has 1 rings (SSSR count). The Morgan fingerprint density at radius 1 is 1.44 bits per heavy atom. The van der Waals surface area contributed by atoms with Gasteiger partial charge in [0.2, 0.25) is 5.91 Å². The summed E-state index contributed by atoms with van der Waals surface area (Å²) in [6, 6.07) is 0. The van der Waals surface area contributed by atoms with E-state index in [2.05, 4.69) is 19.2 Å². The van der Waals surface area contributed by atoms with E-state index >= 15 is 0 Å². The average Bonchev–Trinajstić information content (AvgIpc) is 2.71. The van der Waals surface area contributed by atoms with Crippen molar-refractivity contribution in [1.29, 1.82) is 0 Å². The first-order valence-corrected chi connectivity index (χ1v) is 6.52. The molecule has 3 nitrogen and oxygen atoms in total. The number of nitrogens with one attached hydrogen (secondary N) is 1. The molecule has 0 spiro atoms. The lowest BCUT2D eigenvalue weighted by atomic mass is 9.89. The van der Waals surface area contributed by atoms with Gasteiger partial charge in [-0.05, 0) is 37.1 Å². The zero-order valence-corrected chi connectivity index (χ0v) is 10.7. The molecule has 1 saturated carbocycles. The van der Waals surface area contributed by atoms with Crippen LogP contribution in [0.3, 0.4) is 0 Å². The zero-order chi connectivity index (χ0) is 12.0. The predicted octanol–water partition coefficient (Wildman–Crippen LogP) is 2.06. The SMILES string of the molecule is CC(CN)CCC(=O)NCC1(C)CCCC1. The smallest absolute Gasteiger partial charge is 0.220 e. The molecule has 1 aliphatic carbocycles. The Bertz CT molecular complexity index is 222. The lowest BCUT2D eigenvalue weighted by molar-refractivity contribution is -0.121. The molecule has 0 saturated heterocycles. The van der Waals surface area contributed by atoms with Crippen LogP contribution in [0.4, 0.5) is 0 Å². The average molecular weight is 226 g/mol. The Hall–Kier alpha value is -0.570. The van der Waals surface area contributed by atoms with Gasteiger partial charge in [0, 0.05) is 13.0 Å². The molecule has 0 aromatic carbocycles. The summed E-state index contributed by atoms with van der Waals surface area (Å²) in [5.41, 5.74) is 5.88. The molecule has 0 aromatic heterocycles. The monoisotopic (exact) mass is 226 g/mol. The van der Waals surface area contributed by atoms with Crippen LogP contribution in [-0.4, -0.2) is 19.0 Å². The van der Waals surface area contributed by atoms with Crippen LogP contribution in [0.15, 0.2) is 0 Å². The van der Waals surface area contributed by atoms with Gasteiger partial charge in [0.1, 0.15) is 0 Å². The Balaban J connectivity index is 2.14. The molecule has 1 aliphatic rings. The Kier molecular flexibility index (Phi) is 5.26. The van der Waals surface area contributed by atoms with Gasteiger partial charge in [0.25, 0.3) is 0 Å². The first-order valence-electron chi connectivity index (χ1n) is 6.52. The summed E-state index contributed by atoms with van der Waals surface area (Å²) >= 11 is 0. The van der Waals surface area contributed by atoms with Crippen molar-refractivity contribution in [3.05, 3.63) is 0 Å². The van der Waals surface area contributed by atoms with Crippen LogP contribution in [0.2, 0.25) is 0 Å². The normalized spacial score (nSPS) is 20.7. The van der Waals surface area contributed by atoms with E-state index in [1.54, 1.807) is 0 Å². The first-order chi connectivity index (χ1) is 7.56. The van der Waals surface area contributed by atoms with Gasteiger partial charge in [-0.25, -0.2) is 0 Å². The van der Waals surface area contributed by atoms with Crippen LogP contribution in [0, 0.1) is 11.3 Å². The maximum absolute atomic E-state index is 11.6. The molecule has 0 aromatic rings. The highest BCUT2D eigenvalue weighted by Gasteiger charge is 2.28. The van der Waals surface area contributed by atoms with E-state index in [1.807, 2.05) is 0 Å². The number of rotatable bonds is 6. The number of hydrogen-bond donors (Lipinski definition) is 2. The summed E-state index contributed by atoms with van der Waals surface area (Å²) in [5.74, 6) is 0.640. The molecule has 0 radical (unpaired) electrons. The molecular weight excluding hydrogens is 200 g/mol. The van der Waals surface area contributed by atoms with Crippen LogP contribution in [-0.2, 0) is 4.79 Å². The van der Waals surface area contributed by atoms with E-state index in [0.717, 1.165) is 13.0 Å². The maximum atomic E-state index is 11.6. The van der Waals surface area contributed by atoms with Gasteiger partial charge >= 0.3 is 0 Å². The third-order valence-corrected chi connectivity index (χ3v) is 3.79. The summed E-state index contributed by atoms with van der Waals surface area (Å²) in [6.07, 6.45) is 6.67. The molecule has 94 valence electrons. The molecule has 16 heavy (non-hydrogen) atoms. The van der Waals surface area contributed by atoms with Crippen LogP contribution in [0.1, 0.15) is 52.4 Å². The van der Waals surface area contributed by atoms with Crippen LogP contribution >= 0.6 is 0 Å². The molecule has 0 aliphatic heterocycles. The van der Waals surface area contributed by atoms with Gasteiger partial charge in [-0.1, -0.05) is 26.7 Å². The fourth-order valence-corrected chi connectivity index (χ4v) is 2.30. The summed E-state index contributed by atoms with van der Waals surface area (Å²) in [7, 11) is 0. The van der Waals surface area contributed by atoms with E-state index in [0.29, 0.717) is 24.3 Å². The van der Waals surface area contributed by atoms with Gasteiger partial charge in [0.15, 0.2) is 0 Å². The quantitative estimate of drug-likeness (QED) is 0.728. The van der Waals surface area contributed by atoms with Gasteiger partial charge in [0.05, 0.1) is 0 Å². The van der Waals surface area contributed by atoms with E-state index < -0.39 is 0 Å². The predicted molar refractivity (Wildman–Crippen MR) is 67.0 cm³/mol. The standard InChI is InChI=1S/C13H26N2O/c1-11(9-14)5-6-12(16)15-10-13(2)7-3-4-8-13/h11H,3-10,14H2,1-2H3,(H,15,16). The second kappa shape index (κ2) is 6.24. The minimum atomic E-state index is 0.188. The fourth-order valence-electron chi connectivity index (χ4n) is 2.30. The van der Waals surface area contributed by atoms with Crippen molar-refractivity contribution in [1.82, 2.24) is 5.32 Å². The van der Waals surface area contributed by atoms with Crippen LogP contribution < -0.4 is 11.1 Å². The molecule has 1 unspecified atom stereocenters. The van der Waals surface area contributed by atoms with Crippen molar-refractivity contribution >= 4 is 5.91 Å². The van der Waals surface area contributed by atoms with Gasteiger partial charge in [-0.2, -0.15) is 0 Å². The van der Waals surface area contributed by atoms with Crippen molar-refractivity contribution in [2.75, 3.05) is 13.1 Å². The number of nitrogens with two attached hydrogens (primary N) is 1. The van der Waals surface area contributed by atoms with Crippen LogP contribution in [0.5, 0.6) is 0 Å². The summed E-state index contributed by atoms with van der Waals surface area (Å²) in [5, 5.41) is 3.06. The lowest BCUT2D eigenvalue weighted by Crippen LogP contribution is -2.34. The van der Waals surface area contributed by atoms with Crippen molar-refractivity contribution in [2.24, 2.45) is 17.1 Å². The molecule has 0 heterocycles. The minimum absolute atomic E-state index is 0.188. The molecule has 3 N–H and O–H groups in total. The van der Waals surface area contributed by atoms with Gasteiger partial charge in [-0.3, -0.25) is 4.79 Å². The van der Waals surface area contributed by atoms with Crippen molar-refractivity contribution in [2.45, 2.75) is 52.4 Å². The zero-order valence-electron chi connectivity index (χ0n) is 10.7. The first kappa shape index (κ1) is 13.5. The summed E-state index contributed by atoms with van der Waals surface area (Å²) < 4.78 is 0. The fraction of sp³-hybridized carbons (Fsp3) is 0.923. The third kappa shape index (κ3) is 4.52. The molecule has 1 fully saturated rings. The number of amides is 1. The largest absolute Gasteiger partial charge is 0.356 e. The Morgan fingerprint density at radius 3 is 2.62 bits per heavy atom. The van der Waals surface area contributed by atoms with Crippen molar-refractivity contribution in [3.8, 4) is 0 Å². The number of carbonyl (C=O) groups excluding carboxylic acids is 1. The second-order valence-corrected chi connectivity index (χ2v) is 5.67. The van der Waals surface area contributed by atoms with Crippen LogP contribution in [0.25, 0.3) is 0 Å². The minimum Gasteiger partial charge on any atom is -0.356 e. The molecule has 0 bridgehead atoms. The maximum Gasteiger partial charge on any atom is 0.220 e. The summed E-state index contributed by atoms with van der Waals surface area (Å²) in [6.45, 7) is 5.89. The Morgan fingerprint density at radius 2 is 2.06 bits per heavy atom. The summed E-state index contributed by atoms with van der Waals surface area (Å²) in [4.78, 5) is 11.6. The van der Waals surface area contributed by atoms with E-state index in [1.165, 1.54) is 25.7 Å². The molecular formula is C13H26N2O. The van der Waals surface area contributed by atoms with Gasteiger partial charge < -0.3 is 11.1 Å². The topological polar surface area (TPSA) is 55.1 Å². The molecule has 1 atom stereocenters. The van der Waals surface area contributed by atoms with E-state index in [-0.39, 0.29) is 5.91 Å². The molecule has 1 amide bonds. The van der Waals surface area contributed by atoms with E-state index in [9.17, 15) is 4.79 Å². The van der Waals surface area contributed by atoms with Crippen molar-refractivity contribution < 1.29 is 4.79 Å². The third-order valence-electron chi connectivity index (χ3n) is 3.79. The Labute approximate surface area is 99.2 Å². The highest BCUT2D eigenvalue weighted by Crippen LogP contribution is 2.36. The van der Waals surface area contributed by atoms with E-state index in [4.69, 9.17) is 5.73 Å². The van der Waals surface area contributed by atoms with Crippen molar-refractivity contribution in [3.63, 3.8) is 0 Å². The number of carbonyl (C=O) groups is 1. The highest BCUT2D eigenvalue weighted by molar-refractivity contribution is 5.75.